The number of aliphatic hydroxyl groups is 1. The van der Waals surface area contributed by atoms with Crippen LogP contribution in [-0.4, -0.2) is 93.8 Å². The lowest BCUT2D eigenvalue weighted by molar-refractivity contribution is -0.194. The maximum atomic E-state index is 13.4. The summed E-state index contributed by atoms with van der Waals surface area (Å²) in [6, 6.07) is 8.09. The fraction of sp³-hybridized carbons (Fsp3) is 0.381. The number of carbonyl (C=O) groups excluding carboxylic acids is 2. The second-order valence-electron chi connectivity index (χ2n) is 7.99. The molecule has 4 rings (SSSR count). The number of aromatic amines is 1. The third-order valence-electron chi connectivity index (χ3n) is 5.84. The number of carboxylic acid groups (broad SMARTS) is 2. The minimum Gasteiger partial charge on any atom is -0.481 e. The smallest absolute Gasteiger partial charge is 0.352 e. The van der Waals surface area contributed by atoms with Gasteiger partial charge in [-0.05, 0) is 22.8 Å². The number of hydrogen-bond donors (Lipinski definition) is 5. The first-order valence-corrected chi connectivity index (χ1v) is 12.8. The number of nitrogens with zero attached hydrogens (tertiary/aromatic N) is 4. The van der Waals surface area contributed by atoms with Crippen LogP contribution in [0.4, 0.5) is 0 Å². The van der Waals surface area contributed by atoms with Crippen molar-refractivity contribution in [1.29, 1.82) is 0 Å². The molecule has 2 aliphatic rings. The number of methoxy groups -OCH3 is 1. The predicted molar refractivity (Wildman–Crippen MR) is 128 cm³/mol. The summed E-state index contributed by atoms with van der Waals surface area (Å²) in [4.78, 5) is 50.8. The van der Waals surface area contributed by atoms with Gasteiger partial charge in [0.1, 0.15) is 11.1 Å². The summed E-state index contributed by atoms with van der Waals surface area (Å²) in [6.07, 6.45) is -1.80. The highest BCUT2D eigenvalue weighted by atomic mass is 32.2. The van der Waals surface area contributed by atoms with Crippen LogP contribution in [0.5, 0.6) is 0 Å². The van der Waals surface area contributed by atoms with Crippen molar-refractivity contribution in [3.05, 3.63) is 47.2 Å². The minimum absolute atomic E-state index is 0.0450. The number of H-pyrrole nitrogens is 1. The second-order valence-corrected chi connectivity index (χ2v) is 10.2. The summed E-state index contributed by atoms with van der Waals surface area (Å²) in [5, 5.41) is 44.1. The molecule has 0 saturated carbocycles. The van der Waals surface area contributed by atoms with Gasteiger partial charge in [-0.2, -0.15) is 5.21 Å². The van der Waals surface area contributed by atoms with Gasteiger partial charge in [-0.1, -0.05) is 42.1 Å². The van der Waals surface area contributed by atoms with E-state index in [1.165, 1.54) is 7.11 Å². The van der Waals surface area contributed by atoms with E-state index in [0.29, 0.717) is 11.1 Å². The Kier molecular flexibility index (Phi) is 7.82. The molecule has 2 amide bonds. The molecule has 14 nitrogen and oxygen atoms in total. The van der Waals surface area contributed by atoms with E-state index in [2.05, 4.69) is 25.9 Å². The van der Waals surface area contributed by atoms with E-state index < -0.39 is 46.2 Å². The molecule has 0 aliphatic carbocycles. The summed E-state index contributed by atoms with van der Waals surface area (Å²) < 4.78 is 5.41. The van der Waals surface area contributed by atoms with Crippen LogP contribution >= 0.6 is 23.5 Å². The van der Waals surface area contributed by atoms with Crippen molar-refractivity contribution in [2.75, 3.05) is 12.9 Å². The number of tetrazole rings is 1. The van der Waals surface area contributed by atoms with Gasteiger partial charge in [-0.15, -0.1) is 22.0 Å². The number of aromatic nitrogens is 4. The lowest BCUT2D eigenvalue weighted by Crippen LogP contribution is -2.81. The molecule has 2 unspecified atom stereocenters. The summed E-state index contributed by atoms with van der Waals surface area (Å²) in [6.45, 7) is 0. The van der Waals surface area contributed by atoms with Crippen LogP contribution in [0, 0.1) is 0 Å². The number of amides is 2. The number of aliphatic carboxylic acids is 2. The number of nitrogens with one attached hydrogen (secondary N) is 2. The zero-order valence-electron chi connectivity index (χ0n) is 19.2. The van der Waals surface area contributed by atoms with Crippen LogP contribution in [0.2, 0.25) is 0 Å². The summed E-state index contributed by atoms with van der Waals surface area (Å²) in [5.74, 6) is -4.11. The molecule has 3 heterocycles. The van der Waals surface area contributed by atoms with E-state index in [0.717, 1.165) is 28.4 Å². The summed E-state index contributed by atoms with van der Waals surface area (Å²) in [5.41, 5.74) is -1.62. The van der Waals surface area contributed by atoms with E-state index in [9.17, 15) is 34.5 Å². The normalized spacial score (nSPS) is 22.6. The quantitative estimate of drug-likeness (QED) is 0.142. The van der Waals surface area contributed by atoms with Crippen LogP contribution < -0.4 is 5.32 Å². The molecule has 0 bridgehead atoms. The molecule has 1 saturated heterocycles. The van der Waals surface area contributed by atoms with Gasteiger partial charge in [0.15, 0.2) is 6.10 Å². The molecule has 196 valence electrons. The first kappa shape index (κ1) is 26.6. The van der Waals surface area contributed by atoms with Gasteiger partial charge < -0.3 is 25.4 Å². The Labute approximate surface area is 217 Å². The zero-order valence-corrected chi connectivity index (χ0v) is 20.9. The zero-order chi connectivity index (χ0) is 26.7. The van der Waals surface area contributed by atoms with E-state index in [4.69, 9.17) is 4.74 Å². The average molecular weight is 551 g/mol. The van der Waals surface area contributed by atoms with Gasteiger partial charge in [0.05, 0.1) is 0 Å². The third-order valence-corrected chi connectivity index (χ3v) is 8.36. The number of β-lactam (4-membered cyclic amide) rings is 1. The fourth-order valence-electron chi connectivity index (χ4n) is 4.08. The van der Waals surface area contributed by atoms with Crippen LogP contribution in [0.25, 0.3) is 0 Å². The van der Waals surface area contributed by atoms with Crippen LogP contribution in [-0.2, 0) is 23.9 Å². The van der Waals surface area contributed by atoms with Crippen LogP contribution in [0.1, 0.15) is 24.5 Å². The molecule has 5 N–H and O–H groups in total. The Morgan fingerprint density at radius 1 is 1.32 bits per heavy atom. The standard InChI is InChI=1S/C21H22N6O8S2/c1-35-21(22-16(31)15(30)10-5-3-2-4-6-10)18(34)27-14(17(32)33)11(9-36-19(21)27)12(7-8-13(28)29)37-20-23-25-26-24-20/h2-6,12,15,19,30H,7-9H2,1H3,(H,22,31)(H,28,29)(H,32,33)(H,23,24,25,26)/t12?,15?,19-,21+/m0/s1. The number of ether oxygens (including phenoxy) is 1. The molecule has 1 aromatic carbocycles. The molecule has 37 heavy (non-hydrogen) atoms. The number of carbonyl (C=O) groups is 4. The van der Waals surface area contributed by atoms with Crippen molar-refractivity contribution in [3.8, 4) is 0 Å². The van der Waals surface area contributed by atoms with Gasteiger partial charge in [0.25, 0.3) is 17.5 Å². The molecule has 4 atom stereocenters. The van der Waals surface area contributed by atoms with E-state index in [-0.39, 0.29) is 29.4 Å². The number of benzene rings is 1. The maximum Gasteiger partial charge on any atom is 0.352 e. The Morgan fingerprint density at radius 2 is 2.05 bits per heavy atom. The van der Waals surface area contributed by atoms with Gasteiger partial charge in [0, 0.05) is 24.5 Å². The number of aliphatic hydroxyl groups excluding tert-OH is 1. The molecule has 1 fully saturated rings. The van der Waals surface area contributed by atoms with E-state index >= 15 is 0 Å². The van der Waals surface area contributed by atoms with E-state index in [1.807, 2.05) is 0 Å². The molecule has 0 spiro atoms. The monoisotopic (exact) mass is 550 g/mol. The Bertz CT molecular complexity index is 1230. The van der Waals surface area contributed by atoms with Gasteiger partial charge in [-0.3, -0.25) is 19.3 Å². The fourth-order valence-corrected chi connectivity index (χ4v) is 6.71. The van der Waals surface area contributed by atoms with Crippen molar-refractivity contribution in [2.45, 2.75) is 40.5 Å². The number of fused-ring (bicyclic) bond motifs is 1. The topological polar surface area (TPSA) is 208 Å². The van der Waals surface area contributed by atoms with Crippen LogP contribution in [0.15, 0.2) is 46.8 Å². The highest BCUT2D eigenvalue weighted by molar-refractivity contribution is 8.01. The minimum atomic E-state index is -1.90. The Morgan fingerprint density at radius 3 is 2.65 bits per heavy atom. The number of rotatable bonds is 11. The molecular weight excluding hydrogens is 528 g/mol. The third kappa shape index (κ3) is 5.04. The van der Waals surface area contributed by atoms with Crippen molar-refractivity contribution in [3.63, 3.8) is 0 Å². The van der Waals surface area contributed by atoms with Crippen molar-refractivity contribution in [1.82, 2.24) is 30.8 Å². The van der Waals surface area contributed by atoms with Crippen molar-refractivity contribution < 1.29 is 39.2 Å². The Hall–Kier alpha value is -3.47. The second kappa shape index (κ2) is 10.9. The highest BCUT2D eigenvalue weighted by Crippen LogP contribution is 2.49. The van der Waals surface area contributed by atoms with E-state index in [1.54, 1.807) is 30.3 Å². The summed E-state index contributed by atoms with van der Waals surface area (Å²) in [7, 11) is 1.20. The van der Waals surface area contributed by atoms with Gasteiger partial charge in [-0.25, -0.2) is 4.79 Å². The van der Waals surface area contributed by atoms with Crippen molar-refractivity contribution >= 4 is 47.3 Å². The molecular formula is C21H22N6O8S2. The summed E-state index contributed by atoms with van der Waals surface area (Å²) >= 11 is 2.17. The lowest BCUT2D eigenvalue weighted by Gasteiger charge is -2.56. The number of thioether (sulfide) groups is 2. The Balaban J connectivity index is 1.62. The number of carboxylic acids is 2. The molecule has 2 aliphatic heterocycles. The molecule has 16 heteroatoms. The SMILES string of the molecule is CO[C@]1(NC(=O)C(O)c2ccccc2)C(=O)N2C(C(=O)O)=C(C(CCC(=O)O)Sc3nn[nH]n3)CS[C@H]21. The lowest BCUT2D eigenvalue weighted by atomic mass is 9.96. The average Bonchev–Trinajstić information content (AvgIpc) is 3.41. The molecule has 0 radical (unpaired) electrons. The molecule has 1 aromatic heterocycles. The van der Waals surface area contributed by atoms with Gasteiger partial charge >= 0.3 is 11.9 Å². The molecule has 2 aromatic rings. The first-order valence-electron chi connectivity index (χ1n) is 10.8. The highest BCUT2D eigenvalue weighted by Gasteiger charge is 2.67. The largest absolute Gasteiger partial charge is 0.481 e. The predicted octanol–water partition coefficient (Wildman–Crippen LogP) is -0.0285. The first-order chi connectivity index (χ1) is 17.7. The van der Waals surface area contributed by atoms with Crippen molar-refractivity contribution in [2.24, 2.45) is 0 Å². The number of hydrogen-bond acceptors (Lipinski definition) is 11. The van der Waals surface area contributed by atoms with Crippen LogP contribution in [0.3, 0.4) is 0 Å². The van der Waals surface area contributed by atoms with Gasteiger partial charge in [0.2, 0.25) is 5.16 Å². The maximum absolute atomic E-state index is 13.4.